The Balaban J connectivity index is 0. The quantitative estimate of drug-likeness (QED) is 0.581. The average molecular weight is 327 g/mol. The Labute approximate surface area is 104 Å². The van der Waals surface area contributed by atoms with E-state index in [1.807, 2.05) is 0 Å². The van der Waals surface area contributed by atoms with Crippen LogP contribution in [0.3, 0.4) is 0 Å². The van der Waals surface area contributed by atoms with E-state index in [9.17, 15) is 0 Å². The molecule has 0 bridgehead atoms. The van der Waals surface area contributed by atoms with Gasteiger partial charge in [-0.25, -0.2) is 0 Å². The molecule has 0 spiro atoms. The Kier molecular flexibility index (Phi) is 11.6. The molecule has 0 aromatic rings. The van der Waals surface area contributed by atoms with Crippen molar-refractivity contribution in [2.24, 2.45) is 0 Å². The first-order valence-electron chi connectivity index (χ1n) is 5.87. The molecule has 87 valence electrons. The normalized spacial score (nSPS) is 11.6. The van der Waals surface area contributed by atoms with Gasteiger partial charge in [-0.05, 0) is 0 Å². The van der Waals surface area contributed by atoms with E-state index in [4.69, 9.17) is 0 Å². The van der Waals surface area contributed by atoms with Gasteiger partial charge in [-0.1, -0.05) is 0 Å². The zero-order chi connectivity index (χ0) is 10.3. The maximum atomic E-state index is 2.48. The fourth-order valence-electron chi connectivity index (χ4n) is 1.66. The van der Waals surface area contributed by atoms with Crippen molar-refractivity contribution < 1.29 is 0 Å². The molecule has 0 fully saturated rings. The van der Waals surface area contributed by atoms with Crippen molar-refractivity contribution in [3.8, 4) is 0 Å². The predicted molar refractivity (Wildman–Crippen MR) is 72.1 cm³/mol. The standard InChI is InChI=1S/3C4H9.ClH.Sn/c1-4(2)3;2*1-3-4-2;;/h1-3H3;2*1,3-4H2,2H3;1H;. The van der Waals surface area contributed by atoms with E-state index in [2.05, 4.69) is 34.6 Å². The molecule has 0 aromatic heterocycles. The summed E-state index contributed by atoms with van der Waals surface area (Å²) in [5, 5.41) is 0. The summed E-state index contributed by atoms with van der Waals surface area (Å²) < 4.78 is 3.97. The van der Waals surface area contributed by atoms with Crippen LogP contribution in [0.1, 0.15) is 60.3 Å². The Hall–Kier alpha value is 1.09. The van der Waals surface area contributed by atoms with Gasteiger partial charge in [0.05, 0.1) is 0 Å². The van der Waals surface area contributed by atoms with E-state index >= 15 is 0 Å². The SMILES string of the molecule is CCC[CH2][Sn]([CH2]CCC)[C](C)(C)C.Cl. The first kappa shape index (κ1) is 17.5. The summed E-state index contributed by atoms with van der Waals surface area (Å²) in [6, 6.07) is 0. The largest absolute Gasteiger partial charge is 0.147 e. The maximum Gasteiger partial charge on any atom is -0.147 e. The maximum absolute atomic E-state index is 2.48. The number of hydrogen-bond donors (Lipinski definition) is 0. The van der Waals surface area contributed by atoms with E-state index in [-0.39, 0.29) is 12.4 Å². The van der Waals surface area contributed by atoms with Gasteiger partial charge < -0.3 is 0 Å². The first-order chi connectivity index (χ1) is 6.02. The monoisotopic (exact) mass is 327 g/mol. The summed E-state index contributed by atoms with van der Waals surface area (Å²) in [4.78, 5) is 0. The van der Waals surface area contributed by atoms with E-state index in [1.165, 1.54) is 25.7 Å². The van der Waals surface area contributed by atoms with Crippen LogP contribution in [0.15, 0.2) is 0 Å². The fraction of sp³-hybridized carbons (Fsp3) is 1.00. The van der Waals surface area contributed by atoms with Gasteiger partial charge in [0.15, 0.2) is 0 Å². The number of halogens is 1. The summed E-state index contributed by atoms with van der Waals surface area (Å²) in [6.45, 7) is 12.1. The topological polar surface area (TPSA) is 0 Å². The first-order valence-corrected chi connectivity index (χ1v) is 11.3. The van der Waals surface area contributed by atoms with Crippen LogP contribution < -0.4 is 0 Å². The van der Waals surface area contributed by atoms with Crippen LogP contribution in [-0.2, 0) is 0 Å². The molecule has 0 atom stereocenters. The molecule has 14 heavy (non-hydrogen) atoms. The van der Waals surface area contributed by atoms with Gasteiger partial charge in [-0.3, -0.25) is 0 Å². The molecule has 0 aromatic carbocycles. The molecule has 0 heterocycles. The van der Waals surface area contributed by atoms with Crippen LogP contribution in [0, 0.1) is 0 Å². The van der Waals surface area contributed by atoms with E-state index in [0.717, 1.165) is 0 Å². The van der Waals surface area contributed by atoms with Crippen molar-refractivity contribution in [2.45, 2.75) is 72.6 Å². The molecular formula is C12H28ClSn. The molecule has 0 N–H and O–H groups in total. The molecule has 0 saturated heterocycles. The number of unbranched alkanes of at least 4 members (excludes halogenated alkanes) is 2. The number of rotatable bonds is 6. The third-order valence-corrected chi connectivity index (χ3v) is 14.2. The van der Waals surface area contributed by atoms with Crippen LogP contribution >= 0.6 is 12.4 Å². The van der Waals surface area contributed by atoms with Gasteiger partial charge in [0.25, 0.3) is 0 Å². The molecule has 1 radical (unpaired) electrons. The Morgan fingerprint density at radius 1 is 0.857 bits per heavy atom. The summed E-state index contributed by atoms with van der Waals surface area (Å²) in [5.41, 5.74) is 0. The molecule has 0 aliphatic rings. The summed E-state index contributed by atoms with van der Waals surface area (Å²) in [6.07, 6.45) is 5.78. The number of hydrogen-bond acceptors (Lipinski definition) is 0. The second-order valence-corrected chi connectivity index (χ2v) is 15.6. The van der Waals surface area contributed by atoms with Crippen molar-refractivity contribution in [3.63, 3.8) is 0 Å². The van der Waals surface area contributed by atoms with E-state index in [1.54, 1.807) is 8.87 Å². The fourth-order valence-corrected chi connectivity index (χ4v) is 11.1. The van der Waals surface area contributed by atoms with Crippen LogP contribution in [0.4, 0.5) is 0 Å². The molecule has 0 unspecified atom stereocenters. The van der Waals surface area contributed by atoms with Crippen LogP contribution in [0.5, 0.6) is 0 Å². The van der Waals surface area contributed by atoms with Gasteiger partial charge >= 0.3 is 92.4 Å². The third-order valence-electron chi connectivity index (χ3n) is 2.72. The average Bonchev–Trinajstić information content (AvgIpc) is 2.02. The van der Waals surface area contributed by atoms with Crippen LogP contribution in [0.25, 0.3) is 0 Å². The molecule has 2 heteroatoms. The van der Waals surface area contributed by atoms with Gasteiger partial charge in [-0.2, -0.15) is 0 Å². The second-order valence-electron chi connectivity index (χ2n) is 5.06. The van der Waals surface area contributed by atoms with Crippen molar-refractivity contribution in [1.29, 1.82) is 0 Å². The van der Waals surface area contributed by atoms with Crippen molar-refractivity contribution >= 4 is 32.2 Å². The zero-order valence-corrected chi connectivity index (χ0v) is 14.3. The van der Waals surface area contributed by atoms with Gasteiger partial charge in [-0.15, -0.1) is 12.4 Å². The summed E-state index contributed by atoms with van der Waals surface area (Å²) >= 11 is -1.04. The molecule has 0 aliphatic heterocycles. The van der Waals surface area contributed by atoms with E-state index in [0.29, 0.717) is 3.43 Å². The van der Waals surface area contributed by atoms with Gasteiger partial charge in [0.1, 0.15) is 0 Å². The van der Waals surface area contributed by atoms with E-state index < -0.39 is 19.8 Å². The van der Waals surface area contributed by atoms with Gasteiger partial charge in [0, 0.05) is 0 Å². The molecule has 0 aliphatic carbocycles. The molecular weight excluding hydrogens is 298 g/mol. The van der Waals surface area contributed by atoms with Crippen molar-refractivity contribution in [1.82, 2.24) is 0 Å². The van der Waals surface area contributed by atoms with Crippen LogP contribution in [-0.4, -0.2) is 19.8 Å². The summed E-state index contributed by atoms with van der Waals surface area (Å²) in [7, 11) is 0. The van der Waals surface area contributed by atoms with Crippen LogP contribution in [0.2, 0.25) is 12.3 Å². The predicted octanol–water partition coefficient (Wildman–Crippen LogP) is 5.30. The second kappa shape index (κ2) is 9.32. The Morgan fingerprint density at radius 2 is 1.21 bits per heavy atom. The minimum absolute atomic E-state index is 0. The smallest absolute Gasteiger partial charge is 0.147 e. The van der Waals surface area contributed by atoms with Gasteiger partial charge in [0.2, 0.25) is 0 Å². The Bertz CT molecular complexity index is 110. The minimum atomic E-state index is -1.04. The Morgan fingerprint density at radius 3 is 1.43 bits per heavy atom. The molecule has 0 saturated carbocycles. The summed E-state index contributed by atoms with van der Waals surface area (Å²) in [5.74, 6) is 0. The minimum Gasteiger partial charge on any atom is -0.147 e. The molecule has 0 rings (SSSR count). The molecule has 0 nitrogen and oxygen atoms in total. The van der Waals surface area contributed by atoms with Crippen molar-refractivity contribution in [3.05, 3.63) is 0 Å². The third kappa shape index (κ3) is 8.40. The molecule has 0 amide bonds. The van der Waals surface area contributed by atoms with Crippen molar-refractivity contribution in [2.75, 3.05) is 0 Å². The zero-order valence-electron chi connectivity index (χ0n) is 10.7.